The molecule has 106 valence electrons. The van der Waals surface area contributed by atoms with Crippen LogP contribution in [0.3, 0.4) is 0 Å². The van der Waals surface area contributed by atoms with Crippen molar-refractivity contribution in [2.75, 3.05) is 13.7 Å². The zero-order valence-corrected chi connectivity index (χ0v) is 11.6. The summed E-state index contributed by atoms with van der Waals surface area (Å²) in [4.78, 5) is 26.7. The number of ether oxygens (including phenoxy) is 1. The summed E-state index contributed by atoms with van der Waals surface area (Å²) in [5, 5.41) is 2.77. The fourth-order valence-electron chi connectivity index (χ4n) is 1.70. The van der Waals surface area contributed by atoms with Crippen molar-refractivity contribution in [3.63, 3.8) is 0 Å². The predicted octanol–water partition coefficient (Wildman–Crippen LogP) is 1.75. The molecule has 0 aromatic carbocycles. The van der Waals surface area contributed by atoms with E-state index < -0.39 is 0 Å². The van der Waals surface area contributed by atoms with Crippen molar-refractivity contribution in [2.24, 2.45) is 0 Å². The van der Waals surface area contributed by atoms with Crippen LogP contribution in [0.2, 0.25) is 0 Å². The summed E-state index contributed by atoms with van der Waals surface area (Å²) in [7, 11) is 1.38. The van der Waals surface area contributed by atoms with Crippen LogP contribution in [0.1, 0.15) is 47.8 Å². The highest BCUT2D eigenvalue weighted by Crippen LogP contribution is 2.09. The van der Waals surface area contributed by atoms with Crippen LogP contribution in [-0.4, -0.2) is 30.5 Å². The average molecular weight is 268 g/mol. The topological polar surface area (TPSA) is 81.4 Å². The number of rotatable bonds is 7. The summed E-state index contributed by atoms with van der Waals surface area (Å²) in [6, 6.07) is 0. The van der Waals surface area contributed by atoms with Crippen molar-refractivity contribution in [3.05, 3.63) is 17.3 Å². The molecule has 1 N–H and O–H groups in total. The smallest absolute Gasteiger partial charge is 0.305 e. The largest absolute Gasteiger partial charge is 0.469 e. The fourth-order valence-corrected chi connectivity index (χ4v) is 1.70. The van der Waals surface area contributed by atoms with Crippen molar-refractivity contribution >= 4 is 11.9 Å². The Labute approximate surface area is 112 Å². The molecule has 0 fully saturated rings. The Kier molecular flexibility index (Phi) is 6.05. The van der Waals surface area contributed by atoms with Gasteiger partial charge < -0.3 is 14.5 Å². The molecule has 1 amide bonds. The molecule has 0 unspecified atom stereocenters. The molecule has 6 heteroatoms. The highest BCUT2D eigenvalue weighted by atomic mass is 16.5. The van der Waals surface area contributed by atoms with E-state index in [4.69, 9.17) is 4.42 Å². The second kappa shape index (κ2) is 7.56. The first-order chi connectivity index (χ1) is 9.04. The normalized spacial score (nSPS) is 10.3. The van der Waals surface area contributed by atoms with Crippen molar-refractivity contribution in [1.82, 2.24) is 10.3 Å². The zero-order chi connectivity index (χ0) is 14.3. The van der Waals surface area contributed by atoms with Crippen LogP contribution < -0.4 is 5.32 Å². The molecule has 0 bridgehead atoms. The molecule has 0 atom stereocenters. The number of nitrogens with one attached hydrogen (secondary N) is 1. The summed E-state index contributed by atoms with van der Waals surface area (Å²) < 4.78 is 9.76. The second-order valence-electron chi connectivity index (χ2n) is 4.29. The van der Waals surface area contributed by atoms with Gasteiger partial charge in [0, 0.05) is 19.9 Å². The van der Waals surface area contributed by atoms with Gasteiger partial charge in [-0.05, 0) is 19.8 Å². The van der Waals surface area contributed by atoms with Crippen molar-refractivity contribution in [1.29, 1.82) is 0 Å². The maximum Gasteiger partial charge on any atom is 0.305 e. The van der Waals surface area contributed by atoms with E-state index in [2.05, 4.69) is 15.0 Å². The lowest BCUT2D eigenvalue weighted by Gasteiger charge is -2.03. The van der Waals surface area contributed by atoms with E-state index >= 15 is 0 Å². The summed E-state index contributed by atoms with van der Waals surface area (Å²) in [5.41, 5.74) is 0.598. The standard InChI is InChI=1S/C13H20N2O4/c1-9-12(19-10(2)15-9)13(17)14-8-6-4-5-7-11(16)18-3/h4-8H2,1-3H3,(H,14,17). The molecule has 0 radical (unpaired) electrons. The number of nitrogens with zero attached hydrogens (tertiary/aromatic N) is 1. The number of methoxy groups -OCH3 is 1. The lowest BCUT2D eigenvalue weighted by atomic mass is 10.2. The van der Waals surface area contributed by atoms with E-state index in [-0.39, 0.29) is 17.6 Å². The SMILES string of the molecule is COC(=O)CCCCCNC(=O)c1oc(C)nc1C. The fraction of sp³-hybridized carbons (Fsp3) is 0.615. The predicted molar refractivity (Wildman–Crippen MR) is 68.8 cm³/mol. The summed E-state index contributed by atoms with van der Waals surface area (Å²) in [5.74, 6) is 0.315. The Hall–Kier alpha value is -1.85. The third kappa shape index (κ3) is 5.11. The third-order valence-corrected chi connectivity index (χ3v) is 2.68. The lowest BCUT2D eigenvalue weighted by Crippen LogP contribution is -2.24. The first kappa shape index (κ1) is 15.2. The number of esters is 1. The third-order valence-electron chi connectivity index (χ3n) is 2.68. The van der Waals surface area contributed by atoms with Crippen molar-refractivity contribution < 1.29 is 18.7 Å². The Balaban J connectivity index is 2.18. The Morgan fingerprint density at radius 1 is 1.26 bits per heavy atom. The monoisotopic (exact) mass is 268 g/mol. The Morgan fingerprint density at radius 2 is 2.00 bits per heavy atom. The van der Waals surface area contributed by atoms with Crippen LogP contribution in [0.5, 0.6) is 0 Å². The maximum atomic E-state index is 11.7. The van der Waals surface area contributed by atoms with Gasteiger partial charge in [-0.15, -0.1) is 0 Å². The number of unbranched alkanes of at least 4 members (excludes halogenated alkanes) is 2. The summed E-state index contributed by atoms with van der Waals surface area (Å²) >= 11 is 0. The van der Waals surface area contributed by atoms with Gasteiger partial charge in [-0.25, -0.2) is 4.98 Å². The first-order valence-corrected chi connectivity index (χ1v) is 6.33. The van der Waals surface area contributed by atoms with Gasteiger partial charge in [0.15, 0.2) is 5.89 Å². The number of amides is 1. The first-order valence-electron chi connectivity index (χ1n) is 6.33. The number of aryl methyl sites for hydroxylation is 2. The molecule has 0 spiro atoms. The van der Waals surface area contributed by atoms with Crippen LogP contribution in [0.4, 0.5) is 0 Å². The van der Waals surface area contributed by atoms with Gasteiger partial charge in [-0.2, -0.15) is 0 Å². The molecule has 1 heterocycles. The molecule has 1 aromatic heterocycles. The molecule has 0 saturated heterocycles. The number of hydrogen-bond donors (Lipinski definition) is 1. The van der Waals surface area contributed by atoms with Gasteiger partial charge in [-0.3, -0.25) is 9.59 Å². The van der Waals surface area contributed by atoms with Gasteiger partial charge >= 0.3 is 5.97 Å². The summed E-state index contributed by atoms with van der Waals surface area (Å²) in [6.45, 7) is 4.00. The minimum atomic E-state index is -0.244. The van der Waals surface area contributed by atoms with Crippen LogP contribution >= 0.6 is 0 Å². The Bertz CT molecular complexity index is 440. The number of aromatic nitrogens is 1. The highest BCUT2D eigenvalue weighted by molar-refractivity contribution is 5.92. The van der Waals surface area contributed by atoms with Crippen LogP contribution in [0, 0.1) is 13.8 Å². The number of carbonyl (C=O) groups excluding carboxylic acids is 2. The molecule has 0 aliphatic rings. The van der Waals surface area contributed by atoms with E-state index in [0.29, 0.717) is 24.6 Å². The maximum absolute atomic E-state index is 11.7. The Morgan fingerprint density at radius 3 is 2.58 bits per heavy atom. The minimum Gasteiger partial charge on any atom is -0.469 e. The average Bonchev–Trinajstić information content (AvgIpc) is 2.72. The van der Waals surface area contributed by atoms with E-state index in [1.807, 2.05) is 0 Å². The van der Waals surface area contributed by atoms with Gasteiger partial charge in [0.25, 0.3) is 5.91 Å². The van der Waals surface area contributed by atoms with E-state index in [1.165, 1.54) is 7.11 Å². The molecule has 0 aliphatic heterocycles. The van der Waals surface area contributed by atoms with Gasteiger partial charge in [0.1, 0.15) is 0 Å². The number of hydrogen-bond acceptors (Lipinski definition) is 5. The van der Waals surface area contributed by atoms with Crippen LogP contribution in [0.15, 0.2) is 4.42 Å². The number of carbonyl (C=O) groups is 2. The van der Waals surface area contributed by atoms with Gasteiger partial charge in [-0.1, -0.05) is 6.42 Å². The van der Waals surface area contributed by atoms with E-state index in [9.17, 15) is 9.59 Å². The van der Waals surface area contributed by atoms with Crippen molar-refractivity contribution in [2.45, 2.75) is 39.5 Å². The second-order valence-corrected chi connectivity index (χ2v) is 4.29. The molecular weight excluding hydrogens is 248 g/mol. The van der Waals surface area contributed by atoms with E-state index in [1.54, 1.807) is 13.8 Å². The minimum absolute atomic E-state index is 0.197. The summed E-state index contributed by atoms with van der Waals surface area (Å²) in [6.07, 6.45) is 2.87. The van der Waals surface area contributed by atoms with Gasteiger partial charge in [0.2, 0.25) is 5.76 Å². The van der Waals surface area contributed by atoms with Gasteiger partial charge in [0.05, 0.1) is 12.8 Å². The molecule has 0 saturated carbocycles. The molecule has 6 nitrogen and oxygen atoms in total. The van der Waals surface area contributed by atoms with Crippen molar-refractivity contribution in [3.8, 4) is 0 Å². The quantitative estimate of drug-likeness (QED) is 0.602. The van der Waals surface area contributed by atoms with Crippen LogP contribution in [0.25, 0.3) is 0 Å². The lowest BCUT2D eigenvalue weighted by molar-refractivity contribution is -0.140. The molecule has 1 rings (SSSR count). The molecule has 1 aromatic rings. The zero-order valence-electron chi connectivity index (χ0n) is 11.6. The highest BCUT2D eigenvalue weighted by Gasteiger charge is 2.14. The van der Waals surface area contributed by atoms with Crippen LogP contribution in [-0.2, 0) is 9.53 Å². The van der Waals surface area contributed by atoms with E-state index in [0.717, 1.165) is 19.3 Å². The molecule has 19 heavy (non-hydrogen) atoms. The number of oxazole rings is 1. The molecular formula is C13H20N2O4. The molecule has 0 aliphatic carbocycles.